The number of carbonyl (C=O) groups excluding carboxylic acids is 1. The van der Waals surface area contributed by atoms with Crippen molar-refractivity contribution in [2.24, 2.45) is 7.05 Å². The normalized spacial score (nSPS) is 20.1. The number of aromatic nitrogens is 2. The highest BCUT2D eigenvalue weighted by Crippen LogP contribution is 2.22. The molecule has 1 aromatic heterocycles. The summed E-state index contributed by atoms with van der Waals surface area (Å²) in [5.41, 5.74) is 0.600. The third-order valence-corrected chi connectivity index (χ3v) is 6.05. The molecule has 0 bridgehead atoms. The van der Waals surface area contributed by atoms with Crippen LogP contribution in [0.25, 0.3) is 0 Å². The van der Waals surface area contributed by atoms with Gasteiger partial charge in [0.2, 0.25) is 10.0 Å². The number of hydrogen-bond donors (Lipinski definition) is 2. The van der Waals surface area contributed by atoms with Crippen molar-refractivity contribution < 1.29 is 13.2 Å². The van der Waals surface area contributed by atoms with E-state index in [-0.39, 0.29) is 25.2 Å². The molecule has 22 heavy (non-hydrogen) atoms. The Hall–Kier alpha value is -1.61. The Bertz CT molecular complexity index is 644. The van der Waals surface area contributed by atoms with E-state index < -0.39 is 15.3 Å². The summed E-state index contributed by atoms with van der Waals surface area (Å²) in [4.78, 5) is 13.5. The van der Waals surface area contributed by atoms with Crippen molar-refractivity contribution in [2.45, 2.75) is 37.0 Å². The minimum Gasteiger partial charge on any atom is -0.322 e. The first-order valence-corrected chi connectivity index (χ1v) is 9.04. The van der Waals surface area contributed by atoms with Gasteiger partial charge in [-0.05, 0) is 12.8 Å². The van der Waals surface area contributed by atoms with Crippen LogP contribution in [-0.2, 0) is 17.1 Å². The van der Waals surface area contributed by atoms with Crippen LogP contribution in [0.2, 0.25) is 0 Å². The summed E-state index contributed by atoms with van der Waals surface area (Å²) >= 11 is 0. The molecule has 2 heterocycles. The summed E-state index contributed by atoms with van der Waals surface area (Å²) in [6.45, 7) is 0.461. The first-order valence-electron chi connectivity index (χ1n) is 7.50. The van der Waals surface area contributed by atoms with Gasteiger partial charge in [0.25, 0.3) is 0 Å². The third-order valence-electron chi connectivity index (χ3n) is 4.22. The zero-order valence-corrected chi connectivity index (χ0v) is 13.3. The minimum absolute atomic E-state index is 0.0725. The van der Waals surface area contributed by atoms with Gasteiger partial charge in [0.05, 0.1) is 11.9 Å². The Balaban J connectivity index is 1.49. The fraction of sp³-hybridized carbons (Fsp3) is 0.692. The molecule has 2 amide bonds. The molecule has 0 aromatic carbocycles. The highest BCUT2D eigenvalue weighted by atomic mass is 32.2. The Morgan fingerprint density at radius 1 is 1.32 bits per heavy atom. The van der Waals surface area contributed by atoms with Gasteiger partial charge < -0.3 is 10.2 Å². The first kappa shape index (κ1) is 15.3. The number of anilines is 1. The van der Waals surface area contributed by atoms with Crippen LogP contribution >= 0.6 is 0 Å². The summed E-state index contributed by atoms with van der Waals surface area (Å²) < 4.78 is 28.8. The van der Waals surface area contributed by atoms with Gasteiger partial charge in [0.15, 0.2) is 0 Å². The number of nitrogens with zero attached hydrogens (tertiary/aromatic N) is 3. The molecule has 1 aromatic rings. The van der Waals surface area contributed by atoms with Crippen molar-refractivity contribution in [1.82, 2.24) is 19.4 Å². The van der Waals surface area contributed by atoms with Crippen LogP contribution in [0.5, 0.6) is 0 Å². The van der Waals surface area contributed by atoms with E-state index in [1.165, 1.54) is 4.90 Å². The Morgan fingerprint density at radius 2 is 2.00 bits per heavy atom. The minimum atomic E-state index is -3.33. The van der Waals surface area contributed by atoms with Crippen molar-refractivity contribution in [3.05, 3.63) is 12.4 Å². The fourth-order valence-electron chi connectivity index (χ4n) is 2.86. The molecule has 1 aliphatic heterocycles. The lowest BCUT2D eigenvalue weighted by Gasteiger charge is -2.38. The van der Waals surface area contributed by atoms with E-state index in [1.807, 2.05) is 0 Å². The second kappa shape index (κ2) is 5.88. The summed E-state index contributed by atoms with van der Waals surface area (Å²) in [6, 6.07) is -0.219. The Morgan fingerprint density at radius 3 is 2.59 bits per heavy atom. The van der Waals surface area contributed by atoms with Gasteiger partial charge in [-0.2, -0.15) is 5.10 Å². The van der Waals surface area contributed by atoms with Gasteiger partial charge in [-0.25, -0.2) is 17.9 Å². The number of urea groups is 1. The largest absolute Gasteiger partial charge is 0.322 e. The molecule has 1 aliphatic carbocycles. The zero-order chi connectivity index (χ0) is 15.7. The van der Waals surface area contributed by atoms with E-state index in [2.05, 4.69) is 15.1 Å². The van der Waals surface area contributed by atoms with E-state index in [0.717, 1.165) is 25.7 Å². The van der Waals surface area contributed by atoms with Crippen molar-refractivity contribution in [3.8, 4) is 0 Å². The van der Waals surface area contributed by atoms with E-state index in [1.54, 1.807) is 24.1 Å². The van der Waals surface area contributed by atoms with Gasteiger partial charge in [0.1, 0.15) is 5.25 Å². The van der Waals surface area contributed by atoms with Crippen molar-refractivity contribution in [1.29, 1.82) is 0 Å². The van der Waals surface area contributed by atoms with Crippen LogP contribution in [-0.4, -0.2) is 53.5 Å². The van der Waals surface area contributed by atoms with Crippen LogP contribution in [0.3, 0.4) is 0 Å². The molecule has 0 unspecified atom stereocenters. The fourth-order valence-corrected chi connectivity index (χ4v) is 4.51. The molecule has 1 saturated carbocycles. The molecule has 0 spiro atoms. The standard InChI is InChI=1S/C13H21N5O3S/c1-17-7-11(6-14-17)15-13(19)18-8-12(9-18)22(20,21)16-10-4-2-3-5-10/h6-7,10,12,16H,2-5,8-9H2,1H3,(H,15,19). The maximum atomic E-state index is 12.2. The monoisotopic (exact) mass is 327 g/mol. The Kier molecular flexibility index (Phi) is 4.09. The molecule has 2 aliphatic rings. The van der Waals surface area contributed by atoms with Gasteiger partial charge >= 0.3 is 6.03 Å². The lowest BCUT2D eigenvalue weighted by atomic mass is 10.2. The first-order chi connectivity index (χ1) is 10.4. The van der Waals surface area contributed by atoms with Gasteiger partial charge in [0, 0.05) is 32.4 Å². The van der Waals surface area contributed by atoms with Gasteiger partial charge in [-0.1, -0.05) is 12.8 Å². The smallest absolute Gasteiger partial charge is 0.322 e. The number of likely N-dealkylation sites (tertiary alicyclic amines) is 1. The maximum Gasteiger partial charge on any atom is 0.322 e. The molecule has 1 saturated heterocycles. The highest BCUT2D eigenvalue weighted by Gasteiger charge is 2.40. The molecule has 3 rings (SSSR count). The molecule has 2 N–H and O–H groups in total. The van der Waals surface area contributed by atoms with E-state index in [4.69, 9.17) is 0 Å². The topological polar surface area (TPSA) is 96.3 Å². The average molecular weight is 327 g/mol. The predicted molar refractivity (Wildman–Crippen MR) is 81.9 cm³/mol. The number of aryl methyl sites for hydroxylation is 1. The summed E-state index contributed by atoms with van der Waals surface area (Å²) in [5, 5.41) is 6.15. The van der Waals surface area contributed by atoms with E-state index in [9.17, 15) is 13.2 Å². The summed E-state index contributed by atoms with van der Waals surface area (Å²) in [6.07, 6.45) is 7.23. The molecule has 0 atom stereocenters. The second-order valence-electron chi connectivity index (χ2n) is 6.00. The number of hydrogen-bond acceptors (Lipinski definition) is 4. The van der Waals surface area contributed by atoms with Crippen molar-refractivity contribution >= 4 is 21.7 Å². The van der Waals surface area contributed by atoms with Crippen LogP contribution in [0.1, 0.15) is 25.7 Å². The number of nitrogens with one attached hydrogen (secondary N) is 2. The summed E-state index contributed by atoms with van der Waals surface area (Å²) in [5.74, 6) is 0. The van der Waals surface area contributed by atoms with E-state index in [0.29, 0.717) is 5.69 Å². The molecule has 9 heteroatoms. The quantitative estimate of drug-likeness (QED) is 0.841. The van der Waals surface area contributed by atoms with E-state index >= 15 is 0 Å². The van der Waals surface area contributed by atoms with Crippen LogP contribution < -0.4 is 10.0 Å². The summed E-state index contributed by atoms with van der Waals surface area (Å²) in [7, 11) is -1.57. The SMILES string of the molecule is Cn1cc(NC(=O)N2CC(S(=O)(=O)NC3CCCC3)C2)cn1. The van der Waals surface area contributed by atoms with Crippen molar-refractivity contribution in [3.63, 3.8) is 0 Å². The lowest BCUT2D eigenvalue weighted by Crippen LogP contribution is -2.61. The average Bonchev–Trinajstić information content (AvgIpc) is 2.98. The number of rotatable bonds is 4. The molecular weight excluding hydrogens is 306 g/mol. The highest BCUT2D eigenvalue weighted by molar-refractivity contribution is 7.90. The number of amides is 2. The van der Waals surface area contributed by atoms with Gasteiger partial charge in [-0.15, -0.1) is 0 Å². The third kappa shape index (κ3) is 3.25. The zero-order valence-electron chi connectivity index (χ0n) is 12.5. The van der Waals surface area contributed by atoms with Gasteiger partial charge in [-0.3, -0.25) is 4.68 Å². The number of carbonyl (C=O) groups is 1. The molecule has 0 radical (unpaired) electrons. The van der Waals surface area contributed by atoms with Crippen LogP contribution in [0.15, 0.2) is 12.4 Å². The molecule has 122 valence electrons. The second-order valence-corrected chi connectivity index (χ2v) is 8.00. The van der Waals surface area contributed by atoms with Crippen LogP contribution in [0, 0.1) is 0 Å². The maximum absolute atomic E-state index is 12.2. The van der Waals surface area contributed by atoms with Crippen LogP contribution in [0.4, 0.5) is 10.5 Å². The predicted octanol–water partition coefficient (Wildman–Crippen LogP) is 0.498. The Labute approximate surface area is 129 Å². The lowest BCUT2D eigenvalue weighted by molar-refractivity contribution is 0.182. The van der Waals surface area contributed by atoms with Crippen molar-refractivity contribution in [2.75, 3.05) is 18.4 Å². The number of sulfonamides is 1. The molecule has 8 nitrogen and oxygen atoms in total. The molecular formula is C13H21N5O3S. The molecule has 2 fully saturated rings.